The Kier molecular flexibility index (Phi) is 4.29. The summed E-state index contributed by atoms with van der Waals surface area (Å²) in [5.41, 5.74) is -1.32. The molecule has 1 aromatic rings. The molecule has 0 spiro atoms. The molecule has 2 amide bonds. The first-order chi connectivity index (χ1) is 9.52. The normalized spacial score (nSPS) is 23.2. The number of aliphatic carboxylic acids is 1. The van der Waals surface area contributed by atoms with E-state index in [-0.39, 0.29) is 19.1 Å². The Hall–Kier alpha value is -2.02. The van der Waals surface area contributed by atoms with E-state index < -0.39 is 17.5 Å². The lowest BCUT2D eigenvalue weighted by atomic mass is 9.99. The third-order valence-corrected chi connectivity index (χ3v) is 3.25. The molecule has 2 unspecified atom stereocenters. The topological polar surface area (TPSA) is 101 Å². The van der Waals surface area contributed by atoms with Crippen LogP contribution in [0.3, 0.4) is 0 Å². The lowest BCUT2D eigenvalue weighted by Crippen LogP contribution is -2.58. The van der Waals surface area contributed by atoms with E-state index >= 15 is 0 Å². The van der Waals surface area contributed by atoms with Crippen molar-refractivity contribution in [2.45, 2.75) is 31.3 Å². The van der Waals surface area contributed by atoms with Gasteiger partial charge in [-0.3, -0.25) is 0 Å². The summed E-state index contributed by atoms with van der Waals surface area (Å²) in [6.45, 7) is 2.14. The average Bonchev–Trinajstić information content (AvgIpc) is 3.00. The van der Waals surface area contributed by atoms with Gasteiger partial charge in [0.05, 0.1) is 12.9 Å². The van der Waals surface area contributed by atoms with E-state index in [0.29, 0.717) is 13.0 Å². The minimum Gasteiger partial charge on any atom is -0.479 e. The van der Waals surface area contributed by atoms with Crippen LogP contribution in [0.4, 0.5) is 4.79 Å². The van der Waals surface area contributed by atoms with Crippen molar-refractivity contribution in [3.05, 3.63) is 24.2 Å². The first kappa shape index (κ1) is 14.4. The summed E-state index contributed by atoms with van der Waals surface area (Å²) in [5.74, 6) is -0.321. The SMILES string of the molecule is CC(Cc1ccco1)NC(=O)NC1(C(=O)O)CCOC1. The molecule has 1 aliphatic rings. The van der Waals surface area contributed by atoms with Crippen LogP contribution in [0.1, 0.15) is 19.1 Å². The smallest absolute Gasteiger partial charge is 0.332 e. The van der Waals surface area contributed by atoms with E-state index in [1.807, 2.05) is 13.0 Å². The fraction of sp³-hybridized carbons (Fsp3) is 0.538. The first-order valence-electron chi connectivity index (χ1n) is 6.44. The summed E-state index contributed by atoms with van der Waals surface area (Å²) in [6.07, 6.45) is 2.37. The highest BCUT2D eigenvalue weighted by molar-refractivity contribution is 5.86. The van der Waals surface area contributed by atoms with Gasteiger partial charge < -0.3 is 24.9 Å². The summed E-state index contributed by atoms with van der Waals surface area (Å²) in [7, 11) is 0. The van der Waals surface area contributed by atoms with Gasteiger partial charge in [-0.15, -0.1) is 0 Å². The van der Waals surface area contributed by atoms with Crippen molar-refractivity contribution in [2.24, 2.45) is 0 Å². The molecule has 1 saturated heterocycles. The predicted octanol–water partition coefficient (Wildman–Crippen LogP) is 0.753. The molecule has 7 heteroatoms. The second kappa shape index (κ2) is 5.96. The number of ether oxygens (including phenoxy) is 1. The molecule has 1 fully saturated rings. The van der Waals surface area contributed by atoms with Gasteiger partial charge in [-0.25, -0.2) is 9.59 Å². The second-order valence-corrected chi connectivity index (χ2v) is 4.97. The van der Waals surface area contributed by atoms with Crippen molar-refractivity contribution in [3.63, 3.8) is 0 Å². The third-order valence-electron chi connectivity index (χ3n) is 3.25. The number of urea groups is 1. The van der Waals surface area contributed by atoms with E-state index in [9.17, 15) is 14.7 Å². The Balaban J connectivity index is 1.86. The van der Waals surface area contributed by atoms with Crippen LogP contribution in [-0.2, 0) is 16.0 Å². The van der Waals surface area contributed by atoms with Crippen molar-refractivity contribution in [1.29, 1.82) is 0 Å². The fourth-order valence-electron chi connectivity index (χ4n) is 2.14. The zero-order chi connectivity index (χ0) is 14.6. The van der Waals surface area contributed by atoms with Crippen LogP contribution >= 0.6 is 0 Å². The summed E-state index contributed by atoms with van der Waals surface area (Å²) in [6, 6.07) is 2.91. The standard InChI is InChI=1S/C13H18N2O5/c1-9(7-10-3-2-5-20-10)14-12(18)15-13(11(16)17)4-6-19-8-13/h2-3,5,9H,4,6-8H2,1H3,(H,16,17)(H2,14,15,18). The lowest BCUT2D eigenvalue weighted by Gasteiger charge is -2.25. The van der Waals surface area contributed by atoms with Gasteiger partial charge in [0.25, 0.3) is 0 Å². The lowest BCUT2D eigenvalue weighted by molar-refractivity contribution is -0.144. The van der Waals surface area contributed by atoms with Crippen LogP contribution in [0.5, 0.6) is 0 Å². The van der Waals surface area contributed by atoms with Gasteiger partial charge in [-0.05, 0) is 19.1 Å². The Bertz CT molecular complexity index is 465. The number of furan rings is 1. The summed E-state index contributed by atoms with van der Waals surface area (Å²) in [4.78, 5) is 23.1. The van der Waals surface area contributed by atoms with Crippen LogP contribution in [0, 0.1) is 0 Å². The maximum absolute atomic E-state index is 11.9. The molecule has 2 heterocycles. The zero-order valence-electron chi connectivity index (χ0n) is 11.2. The van der Waals surface area contributed by atoms with Gasteiger partial charge in [0.15, 0.2) is 5.54 Å². The average molecular weight is 282 g/mol. The second-order valence-electron chi connectivity index (χ2n) is 4.97. The third kappa shape index (κ3) is 3.30. The highest BCUT2D eigenvalue weighted by Crippen LogP contribution is 2.18. The quantitative estimate of drug-likeness (QED) is 0.740. The molecule has 0 radical (unpaired) electrons. The van der Waals surface area contributed by atoms with E-state index in [1.165, 1.54) is 0 Å². The molecule has 0 bridgehead atoms. The van der Waals surface area contributed by atoms with Crippen molar-refractivity contribution in [1.82, 2.24) is 10.6 Å². The highest BCUT2D eigenvalue weighted by Gasteiger charge is 2.44. The van der Waals surface area contributed by atoms with E-state index in [2.05, 4.69) is 10.6 Å². The largest absolute Gasteiger partial charge is 0.479 e. The maximum Gasteiger partial charge on any atom is 0.332 e. The minimum atomic E-state index is -1.32. The van der Waals surface area contributed by atoms with Crippen LogP contribution in [0.25, 0.3) is 0 Å². The number of carboxylic acid groups (broad SMARTS) is 1. The number of hydrogen-bond donors (Lipinski definition) is 3. The molecule has 0 aromatic carbocycles. The first-order valence-corrected chi connectivity index (χ1v) is 6.44. The summed E-state index contributed by atoms with van der Waals surface area (Å²) >= 11 is 0. The van der Waals surface area contributed by atoms with Crippen LogP contribution in [0.2, 0.25) is 0 Å². The molecule has 3 N–H and O–H groups in total. The van der Waals surface area contributed by atoms with Crippen molar-refractivity contribution >= 4 is 12.0 Å². The van der Waals surface area contributed by atoms with Crippen molar-refractivity contribution in [3.8, 4) is 0 Å². The van der Waals surface area contributed by atoms with Crippen molar-refractivity contribution in [2.75, 3.05) is 13.2 Å². The number of carbonyl (C=O) groups excluding carboxylic acids is 1. The number of nitrogens with one attached hydrogen (secondary N) is 2. The molecule has 7 nitrogen and oxygen atoms in total. The molecule has 1 aromatic heterocycles. The Morgan fingerprint density at radius 1 is 1.55 bits per heavy atom. The maximum atomic E-state index is 11.9. The van der Waals surface area contributed by atoms with Crippen LogP contribution < -0.4 is 10.6 Å². The van der Waals surface area contributed by atoms with E-state index in [1.54, 1.807) is 12.3 Å². The molecule has 110 valence electrons. The molecular formula is C13H18N2O5. The summed E-state index contributed by atoms with van der Waals surface area (Å²) in [5, 5.41) is 14.4. The van der Waals surface area contributed by atoms with Gasteiger partial charge in [-0.2, -0.15) is 0 Å². The number of hydrogen-bond acceptors (Lipinski definition) is 4. The van der Waals surface area contributed by atoms with Crippen molar-refractivity contribution < 1.29 is 23.8 Å². The molecule has 2 atom stereocenters. The van der Waals surface area contributed by atoms with E-state index in [0.717, 1.165) is 5.76 Å². The minimum absolute atomic E-state index is 0.0116. The Labute approximate surface area is 116 Å². The van der Waals surface area contributed by atoms with Gasteiger partial charge >= 0.3 is 12.0 Å². The zero-order valence-corrected chi connectivity index (χ0v) is 11.2. The molecule has 0 aliphatic carbocycles. The number of amides is 2. The fourth-order valence-corrected chi connectivity index (χ4v) is 2.14. The van der Waals surface area contributed by atoms with Gasteiger partial charge in [0.2, 0.25) is 0 Å². The van der Waals surface area contributed by atoms with Gasteiger partial charge in [0, 0.05) is 25.5 Å². The van der Waals surface area contributed by atoms with Crippen LogP contribution in [0.15, 0.2) is 22.8 Å². The number of carboxylic acids is 1. The number of carbonyl (C=O) groups is 2. The highest BCUT2D eigenvalue weighted by atomic mass is 16.5. The van der Waals surface area contributed by atoms with Gasteiger partial charge in [0.1, 0.15) is 5.76 Å². The monoisotopic (exact) mass is 282 g/mol. The molecule has 20 heavy (non-hydrogen) atoms. The number of rotatable bonds is 5. The Morgan fingerprint density at radius 2 is 2.35 bits per heavy atom. The molecule has 0 saturated carbocycles. The molecule has 2 rings (SSSR count). The molecular weight excluding hydrogens is 264 g/mol. The molecule has 1 aliphatic heterocycles. The summed E-state index contributed by atoms with van der Waals surface area (Å²) < 4.78 is 10.3. The Morgan fingerprint density at radius 3 is 2.90 bits per heavy atom. The van der Waals surface area contributed by atoms with E-state index in [4.69, 9.17) is 9.15 Å². The van der Waals surface area contributed by atoms with Crippen LogP contribution in [-0.4, -0.2) is 41.9 Å². The van der Waals surface area contributed by atoms with Gasteiger partial charge in [-0.1, -0.05) is 0 Å². The predicted molar refractivity (Wildman–Crippen MR) is 69.3 cm³/mol.